The molecule has 0 unspecified atom stereocenters. The van der Waals surface area contributed by atoms with Gasteiger partial charge in [0.1, 0.15) is 6.10 Å². The number of methoxy groups -OCH3 is 2. The molecule has 10 heteroatoms. The summed E-state index contributed by atoms with van der Waals surface area (Å²) < 4.78 is 16.5. The first-order valence-corrected chi connectivity index (χ1v) is 13.0. The van der Waals surface area contributed by atoms with Crippen LogP contribution in [0.2, 0.25) is 0 Å². The lowest BCUT2D eigenvalue weighted by Crippen LogP contribution is -2.37. The highest BCUT2D eigenvalue weighted by Crippen LogP contribution is 2.29. The molecule has 40 heavy (non-hydrogen) atoms. The fourth-order valence-corrected chi connectivity index (χ4v) is 4.83. The molecule has 0 saturated carbocycles. The number of ketones is 2. The number of aliphatic hydroxyl groups is 1. The smallest absolute Gasteiger partial charge is 0.405 e. The topological polar surface area (TPSA) is 154 Å². The van der Waals surface area contributed by atoms with Crippen LogP contribution in [0.4, 0.5) is 4.79 Å². The van der Waals surface area contributed by atoms with Crippen LogP contribution in [-0.4, -0.2) is 67.3 Å². The van der Waals surface area contributed by atoms with Crippen molar-refractivity contribution in [2.45, 2.75) is 65.0 Å². The molecule has 1 heterocycles. The zero-order valence-corrected chi connectivity index (χ0v) is 23.9. The van der Waals surface area contributed by atoms with Crippen molar-refractivity contribution in [2.75, 3.05) is 14.2 Å². The van der Waals surface area contributed by atoms with Crippen LogP contribution in [0.25, 0.3) is 0 Å². The van der Waals surface area contributed by atoms with Crippen LogP contribution >= 0.6 is 0 Å². The minimum absolute atomic E-state index is 0.126. The second-order valence-electron chi connectivity index (χ2n) is 10.2. The van der Waals surface area contributed by atoms with E-state index in [1.54, 1.807) is 39.0 Å². The highest BCUT2D eigenvalue weighted by Gasteiger charge is 2.32. The number of allylic oxidation sites excluding steroid dienone is 6. The Kier molecular flexibility index (Phi) is 12.0. The average molecular weight is 557 g/mol. The Bertz CT molecular complexity index is 1180. The maximum absolute atomic E-state index is 13.4. The van der Waals surface area contributed by atoms with E-state index < -0.39 is 53.9 Å². The number of Topliss-reactive ketones (excluding diaryl/α,β-unsaturated/α-hetero) is 1. The molecule has 2 bridgehead atoms. The van der Waals surface area contributed by atoms with Gasteiger partial charge in [0.15, 0.2) is 11.9 Å². The van der Waals surface area contributed by atoms with Crippen LogP contribution in [0.5, 0.6) is 0 Å². The minimum Gasteiger partial charge on any atom is -0.439 e. The van der Waals surface area contributed by atoms with E-state index in [-0.39, 0.29) is 34.8 Å². The van der Waals surface area contributed by atoms with Crippen molar-refractivity contribution < 1.29 is 38.5 Å². The molecule has 2 aliphatic rings. The number of fused-ring (bicyclic) bond motifs is 2. The van der Waals surface area contributed by atoms with Gasteiger partial charge < -0.3 is 30.4 Å². The highest BCUT2D eigenvalue weighted by molar-refractivity contribution is 6.24. The third kappa shape index (κ3) is 8.20. The van der Waals surface area contributed by atoms with E-state index in [2.05, 4.69) is 11.9 Å². The number of ether oxygens (including phenoxy) is 3. The Labute approximate surface area is 235 Å². The van der Waals surface area contributed by atoms with Gasteiger partial charge in [-0.15, -0.1) is 0 Å². The summed E-state index contributed by atoms with van der Waals surface area (Å²) in [5.74, 6) is -2.09. The lowest BCUT2D eigenvalue weighted by Gasteiger charge is -2.30. The first-order chi connectivity index (χ1) is 18.8. The van der Waals surface area contributed by atoms with Gasteiger partial charge in [-0.3, -0.25) is 14.4 Å². The van der Waals surface area contributed by atoms with E-state index >= 15 is 0 Å². The van der Waals surface area contributed by atoms with Gasteiger partial charge in [0.2, 0.25) is 5.78 Å². The Balaban J connectivity index is 2.61. The molecule has 0 fully saturated rings. The van der Waals surface area contributed by atoms with E-state index in [4.69, 9.17) is 19.9 Å². The summed E-state index contributed by atoms with van der Waals surface area (Å²) >= 11 is 0. The second-order valence-corrected chi connectivity index (χ2v) is 10.2. The van der Waals surface area contributed by atoms with Gasteiger partial charge in [0.25, 0.3) is 5.91 Å². The SMILES string of the molecule is C=CC1=C2C[C@@H](C)C[C@H](OC)[C@H](O)[C@@H](C)/C=C(/C)[C@H](OC(N)=O)[C@@H](OC)/C=C\C=C(\C)C(=O)NC(=CC1=O)C2=O. The number of amides is 2. The molecule has 6 atom stereocenters. The fraction of sp³-hybridized carbons (Fsp3) is 0.467. The van der Waals surface area contributed by atoms with Crippen molar-refractivity contribution in [2.24, 2.45) is 17.6 Å². The number of hydrogen-bond donors (Lipinski definition) is 3. The fourth-order valence-electron chi connectivity index (χ4n) is 4.83. The molecular formula is C30H40N2O8. The van der Waals surface area contributed by atoms with Crippen LogP contribution in [0.3, 0.4) is 0 Å². The van der Waals surface area contributed by atoms with E-state index in [1.807, 2.05) is 6.92 Å². The molecule has 1 aliphatic heterocycles. The Morgan fingerprint density at radius 3 is 2.42 bits per heavy atom. The number of rotatable bonds is 4. The minimum atomic E-state index is -0.999. The van der Waals surface area contributed by atoms with Gasteiger partial charge in [0.05, 0.1) is 17.9 Å². The lowest BCUT2D eigenvalue weighted by atomic mass is 9.83. The molecule has 0 aromatic heterocycles. The third-order valence-electron chi connectivity index (χ3n) is 7.04. The quantitative estimate of drug-likeness (QED) is 0.353. The van der Waals surface area contributed by atoms with E-state index in [0.717, 1.165) is 6.08 Å². The number of primary amides is 1. The summed E-state index contributed by atoms with van der Waals surface area (Å²) in [7, 11) is 2.92. The van der Waals surface area contributed by atoms with Crippen LogP contribution < -0.4 is 11.1 Å². The maximum Gasteiger partial charge on any atom is 0.405 e. The molecule has 1 aliphatic carbocycles. The lowest BCUT2D eigenvalue weighted by molar-refractivity contribution is -0.120. The zero-order valence-electron chi connectivity index (χ0n) is 23.9. The monoisotopic (exact) mass is 556 g/mol. The molecule has 0 saturated heterocycles. The van der Waals surface area contributed by atoms with Crippen molar-refractivity contribution in [1.29, 1.82) is 0 Å². The summed E-state index contributed by atoms with van der Waals surface area (Å²) in [6.07, 6.45) is 5.15. The normalized spacial score (nSPS) is 32.7. The molecule has 0 aromatic carbocycles. The van der Waals surface area contributed by atoms with Crippen molar-refractivity contribution in [1.82, 2.24) is 5.32 Å². The molecular weight excluding hydrogens is 516 g/mol. The summed E-state index contributed by atoms with van der Waals surface area (Å²) in [5.41, 5.74) is 6.46. The van der Waals surface area contributed by atoms with Gasteiger partial charge in [-0.05, 0) is 38.2 Å². The predicted octanol–water partition coefficient (Wildman–Crippen LogP) is 2.99. The summed E-state index contributed by atoms with van der Waals surface area (Å²) in [6.45, 7) is 10.7. The number of nitrogens with two attached hydrogens (primary N) is 1. The van der Waals surface area contributed by atoms with Crippen LogP contribution in [0, 0.1) is 11.8 Å². The van der Waals surface area contributed by atoms with Crippen LogP contribution in [0.15, 0.2) is 71.0 Å². The van der Waals surface area contributed by atoms with Gasteiger partial charge in [-0.1, -0.05) is 50.8 Å². The van der Waals surface area contributed by atoms with Crippen LogP contribution in [-0.2, 0) is 28.6 Å². The largest absolute Gasteiger partial charge is 0.439 e. The maximum atomic E-state index is 13.4. The molecule has 2 rings (SSSR count). The molecule has 4 N–H and O–H groups in total. The molecule has 0 radical (unpaired) electrons. The summed E-state index contributed by atoms with van der Waals surface area (Å²) in [5, 5.41) is 13.7. The van der Waals surface area contributed by atoms with Gasteiger partial charge in [0, 0.05) is 42.9 Å². The Morgan fingerprint density at radius 1 is 1.18 bits per heavy atom. The van der Waals surface area contributed by atoms with Gasteiger partial charge in [-0.2, -0.15) is 0 Å². The number of nitrogens with one attached hydrogen (secondary N) is 1. The van der Waals surface area contributed by atoms with Crippen LogP contribution in [0.1, 0.15) is 40.5 Å². The third-order valence-corrected chi connectivity index (χ3v) is 7.04. The van der Waals surface area contributed by atoms with E-state index in [9.17, 15) is 24.3 Å². The number of hydrogen-bond acceptors (Lipinski definition) is 8. The Morgan fingerprint density at radius 2 is 1.85 bits per heavy atom. The van der Waals surface area contributed by atoms with E-state index in [0.29, 0.717) is 12.0 Å². The Hall–Kier alpha value is -3.60. The summed E-state index contributed by atoms with van der Waals surface area (Å²) in [4.78, 5) is 50.7. The zero-order chi connectivity index (χ0) is 30.1. The standard InChI is InChI=1S/C30H40N2O8/c1-8-20-21-12-16(2)13-25(39-7)26(34)18(4)14-19(5)28(40-30(31)37)24(38-6)11-9-10-17(3)29(36)32-22(27(21)35)15-23(20)33/h8-11,14-16,18,24-26,28,34H,1,12-13H2,2-7H3,(H2,31,37)(H,32,36)/b11-9-,17-10-,19-14-/t16-,18+,24+,25+,26-,28+/m1/s1. The van der Waals surface area contributed by atoms with Crippen molar-refractivity contribution >= 4 is 23.6 Å². The van der Waals surface area contributed by atoms with Crippen molar-refractivity contribution in [3.05, 3.63) is 71.0 Å². The van der Waals surface area contributed by atoms with Crippen molar-refractivity contribution in [3.63, 3.8) is 0 Å². The summed E-state index contributed by atoms with van der Waals surface area (Å²) in [6, 6.07) is 0. The molecule has 0 aromatic rings. The first-order valence-electron chi connectivity index (χ1n) is 13.0. The molecule has 218 valence electrons. The number of carbonyl (C=O) groups is 4. The first kappa shape index (κ1) is 32.6. The van der Waals surface area contributed by atoms with Crippen molar-refractivity contribution in [3.8, 4) is 0 Å². The molecule has 0 spiro atoms. The molecule has 10 nitrogen and oxygen atoms in total. The second kappa shape index (κ2) is 14.7. The average Bonchev–Trinajstić information content (AvgIpc) is 2.90. The number of aliphatic hydroxyl groups excluding tert-OH is 1. The molecule has 2 amide bonds. The van der Waals surface area contributed by atoms with E-state index in [1.165, 1.54) is 26.4 Å². The predicted molar refractivity (Wildman–Crippen MR) is 150 cm³/mol. The number of carbonyl (C=O) groups excluding carboxylic acids is 4. The van der Waals surface area contributed by atoms with Gasteiger partial charge in [-0.25, -0.2) is 4.79 Å². The van der Waals surface area contributed by atoms with Gasteiger partial charge >= 0.3 is 6.09 Å². The highest BCUT2D eigenvalue weighted by atomic mass is 16.6.